The number of methoxy groups -OCH3 is 1. The third kappa shape index (κ3) is 2.22. The molecule has 0 saturated carbocycles. The second-order valence-corrected chi connectivity index (χ2v) is 4.55. The maximum absolute atomic E-state index is 5.29. The molecular formula is C11H15NOS. The molecule has 0 radical (unpaired) electrons. The summed E-state index contributed by atoms with van der Waals surface area (Å²) in [6.07, 6.45) is 0. The fourth-order valence-corrected chi connectivity index (χ4v) is 2.53. The molecule has 0 aliphatic carbocycles. The van der Waals surface area contributed by atoms with Crippen molar-refractivity contribution in [1.82, 2.24) is 5.32 Å². The Balaban J connectivity index is 1.93. The molecule has 0 amide bonds. The van der Waals surface area contributed by atoms with Crippen LogP contribution in [-0.2, 0) is 0 Å². The molecule has 0 atom stereocenters. The van der Waals surface area contributed by atoms with Crippen LogP contribution < -0.4 is 10.1 Å². The van der Waals surface area contributed by atoms with E-state index in [4.69, 9.17) is 4.74 Å². The molecule has 1 N–H and O–H groups in total. The van der Waals surface area contributed by atoms with Gasteiger partial charge >= 0.3 is 0 Å². The Morgan fingerprint density at radius 1 is 1.43 bits per heavy atom. The number of thioether (sulfide) groups is 1. The second kappa shape index (κ2) is 4.71. The summed E-state index contributed by atoms with van der Waals surface area (Å²) in [6, 6.07) is 8.20. The van der Waals surface area contributed by atoms with Crippen LogP contribution in [0.4, 0.5) is 0 Å². The molecule has 0 aromatic heterocycles. The molecule has 1 aliphatic rings. The molecule has 0 spiro atoms. The van der Waals surface area contributed by atoms with Crippen LogP contribution in [0, 0.1) is 5.92 Å². The Bertz CT molecular complexity index is 299. The van der Waals surface area contributed by atoms with Crippen LogP contribution in [0.5, 0.6) is 5.75 Å². The average molecular weight is 209 g/mol. The zero-order valence-electron chi connectivity index (χ0n) is 8.32. The molecule has 0 unspecified atom stereocenters. The number of nitrogens with one attached hydrogen (secondary N) is 1. The van der Waals surface area contributed by atoms with Gasteiger partial charge in [0.25, 0.3) is 0 Å². The van der Waals surface area contributed by atoms with E-state index in [0.717, 1.165) is 11.7 Å². The van der Waals surface area contributed by atoms with Crippen molar-refractivity contribution in [3.8, 4) is 5.75 Å². The highest BCUT2D eigenvalue weighted by Gasteiger charge is 2.17. The minimum Gasteiger partial charge on any atom is -0.496 e. The van der Waals surface area contributed by atoms with Crippen molar-refractivity contribution in [2.24, 2.45) is 5.92 Å². The van der Waals surface area contributed by atoms with E-state index in [0.29, 0.717) is 0 Å². The number of para-hydroxylation sites is 1. The van der Waals surface area contributed by atoms with Gasteiger partial charge in [0.1, 0.15) is 5.75 Å². The first-order valence-electron chi connectivity index (χ1n) is 4.86. The molecule has 1 aliphatic heterocycles. The maximum atomic E-state index is 5.29. The van der Waals surface area contributed by atoms with Crippen molar-refractivity contribution < 1.29 is 4.74 Å². The van der Waals surface area contributed by atoms with E-state index in [2.05, 4.69) is 17.4 Å². The summed E-state index contributed by atoms with van der Waals surface area (Å²) in [5.41, 5.74) is 0. The van der Waals surface area contributed by atoms with Crippen LogP contribution in [0.3, 0.4) is 0 Å². The fourth-order valence-electron chi connectivity index (χ4n) is 1.41. The fraction of sp³-hybridized carbons (Fsp3) is 0.455. The number of benzene rings is 1. The predicted molar refractivity (Wildman–Crippen MR) is 60.1 cm³/mol. The van der Waals surface area contributed by atoms with Crippen LogP contribution in [0.1, 0.15) is 0 Å². The number of hydrogen-bond acceptors (Lipinski definition) is 3. The molecule has 1 aromatic carbocycles. The number of rotatable bonds is 4. The lowest BCUT2D eigenvalue weighted by Gasteiger charge is -2.26. The summed E-state index contributed by atoms with van der Waals surface area (Å²) in [7, 11) is 1.73. The molecule has 2 rings (SSSR count). The van der Waals surface area contributed by atoms with Crippen LogP contribution in [0.2, 0.25) is 0 Å². The van der Waals surface area contributed by atoms with Gasteiger partial charge in [0.2, 0.25) is 0 Å². The molecule has 1 heterocycles. The largest absolute Gasteiger partial charge is 0.496 e. The van der Waals surface area contributed by atoms with Gasteiger partial charge in [-0.05, 0) is 31.1 Å². The molecule has 1 saturated heterocycles. The molecule has 1 aromatic rings. The summed E-state index contributed by atoms with van der Waals surface area (Å²) in [4.78, 5) is 1.25. The van der Waals surface area contributed by atoms with Crippen molar-refractivity contribution in [3.63, 3.8) is 0 Å². The van der Waals surface area contributed by atoms with E-state index in [-0.39, 0.29) is 0 Å². The van der Waals surface area contributed by atoms with E-state index in [1.54, 1.807) is 7.11 Å². The number of hydrogen-bond donors (Lipinski definition) is 1. The standard InChI is InChI=1S/C11H15NOS/c1-13-10-4-2-3-5-11(10)14-8-9-6-12-7-9/h2-5,9,12H,6-8H2,1H3. The van der Waals surface area contributed by atoms with Gasteiger partial charge in [-0.15, -0.1) is 11.8 Å². The molecule has 0 bridgehead atoms. The Morgan fingerprint density at radius 2 is 2.21 bits per heavy atom. The summed E-state index contributed by atoms with van der Waals surface area (Å²) in [5.74, 6) is 3.02. The smallest absolute Gasteiger partial charge is 0.132 e. The van der Waals surface area contributed by atoms with E-state index < -0.39 is 0 Å². The monoisotopic (exact) mass is 209 g/mol. The molecule has 14 heavy (non-hydrogen) atoms. The first-order chi connectivity index (χ1) is 6.90. The zero-order valence-corrected chi connectivity index (χ0v) is 9.14. The van der Waals surface area contributed by atoms with Gasteiger partial charge in [0.15, 0.2) is 0 Å². The number of ether oxygens (including phenoxy) is 1. The molecule has 3 heteroatoms. The minimum atomic E-state index is 0.838. The average Bonchev–Trinajstić information content (AvgIpc) is 2.16. The van der Waals surface area contributed by atoms with Crippen molar-refractivity contribution >= 4 is 11.8 Å². The second-order valence-electron chi connectivity index (χ2n) is 3.49. The first kappa shape index (κ1) is 9.87. The maximum Gasteiger partial charge on any atom is 0.132 e. The molecular weight excluding hydrogens is 194 g/mol. The summed E-state index contributed by atoms with van der Waals surface area (Å²) < 4.78 is 5.29. The van der Waals surface area contributed by atoms with Crippen LogP contribution >= 0.6 is 11.8 Å². The third-order valence-electron chi connectivity index (χ3n) is 2.41. The van der Waals surface area contributed by atoms with Crippen LogP contribution in [0.15, 0.2) is 29.2 Å². The minimum absolute atomic E-state index is 0.838. The van der Waals surface area contributed by atoms with E-state index >= 15 is 0 Å². The highest BCUT2D eigenvalue weighted by atomic mass is 32.2. The first-order valence-corrected chi connectivity index (χ1v) is 5.85. The van der Waals surface area contributed by atoms with Crippen molar-refractivity contribution in [2.45, 2.75) is 4.90 Å². The van der Waals surface area contributed by atoms with Gasteiger partial charge in [-0.3, -0.25) is 0 Å². The molecule has 76 valence electrons. The zero-order chi connectivity index (χ0) is 9.80. The van der Waals surface area contributed by atoms with Crippen LogP contribution in [-0.4, -0.2) is 26.0 Å². The normalized spacial score (nSPS) is 16.4. The highest BCUT2D eigenvalue weighted by Crippen LogP contribution is 2.30. The topological polar surface area (TPSA) is 21.3 Å². The lowest BCUT2D eigenvalue weighted by atomic mass is 10.1. The highest BCUT2D eigenvalue weighted by molar-refractivity contribution is 7.99. The summed E-state index contributed by atoms with van der Waals surface area (Å²) >= 11 is 1.89. The Kier molecular flexibility index (Phi) is 3.32. The van der Waals surface area contributed by atoms with E-state index in [1.807, 2.05) is 23.9 Å². The predicted octanol–water partition coefficient (Wildman–Crippen LogP) is 2.01. The van der Waals surface area contributed by atoms with Gasteiger partial charge in [0.05, 0.1) is 7.11 Å². The Morgan fingerprint density at radius 3 is 2.86 bits per heavy atom. The lowest BCUT2D eigenvalue weighted by molar-refractivity contribution is 0.384. The van der Waals surface area contributed by atoms with Gasteiger partial charge in [-0.1, -0.05) is 12.1 Å². The Labute approximate surface area is 89.0 Å². The van der Waals surface area contributed by atoms with E-state index in [9.17, 15) is 0 Å². The van der Waals surface area contributed by atoms with E-state index in [1.165, 1.54) is 23.7 Å². The molecule has 2 nitrogen and oxygen atoms in total. The molecule has 1 fully saturated rings. The third-order valence-corrected chi connectivity index (χ3v) is 3.70. The van der Waals surface area contributed by atoms with Gasteiger partial charge in [-0.2, -0.15) is 0 Å². The van der Waals surface area contributed by atoms with Crippen molar-refractivity contribution in [1.29, 1.82) is 0 Å². The van der Waals surface area contributed by atoms with Gasteiger partial charge < -0.3 is 10.1 Å². The summed E-state index contributed by atoms with van der Waals surface area (Å²) in [5, 5.41) is 3.28. The van der Waals surface area contributed by atoms with Crippen LogP contribution in [0.25, 0.3) is 0 Å². The lowest BCUT2D eigenvalue weighted by Crippen LogP contribution is -2.43. The Hall–Kier alpha value is -0.670. The van der Waals surface area contributed by atoms with Crippen molar-refractivity contribution in [3.05, 3.63) is 24.3 Å². The SMILES string of the molecule is COc1ccccc1SCC1CNC1. The summed E-state index contributed by atoms with van der Waals surface area (Å²) in [6.45, 7) is 2.34. The quantitative estimate of drug-likeness (QED) is 0.766. The van der Waals surface area contributed by atoms with Crippen molar-refractivity contribution in [2.75, 3.05) is 26.0 Å². The van der Waals surface area contributed by atoms with Gasteiger partial charge in [0, 0.05) is 10.6 Å². The van der Waals surface area contributed by atoms with Gasteiger partial charge in [-0.25, -0.2) is 0 Å².